The van der Waals surface area contributed by atoms with Crippen molar-refractivity contribution in [3.8, 4) is 22.8 Å². The van der Waals surface area contributed by atoms with Gasteiger partial charge in [-0.3, -0.25) is 9.10 Å². The van der Waals surface area contributed by atoms with Crippen LogP contribution >= 0.6 is 0 Å². The Morgan fingerprint density at radius 2 is 1.78 bits per heavy atom. The molecule has 1 aliphatic heterocycles. The van der Waals surface area contributed by atoms with Crippen molar-refractivity contribution in [1.82, 2.24) is 5.32 Å². The lowest BCUT2D eigenvalue weighted by atomic mass is 9.79. The standard InChI is InChI=1S/C34H30BFN2O6S/c1-37-34(39)32-28-16-27(21-4-5-21)30(38(45(2)41)18-20-3-14-29-23(15-20)19-42-35(29)40)17-31(28)44-33(32)22-6-10-25(11-7-22)43-26-12-8-24(36)9-13-26/h3,6-17,21,40H,4-5,18-19H2,1-2H3,(H,37,39). The van der Waals surface area contributed by atoms with E-state index in [0.29, 0.717) is 52.5 Å². The summed E-state index contributed by atoms with van der Waals surface area (Å²) < 4.78 is 46.0. The van der Waals surface area contributed by atoms with Gasteiger partial charge in [0.05, 0.1) is 24.4 Å². The number of amides is 1. The molecular formula is C34H30BFN2O6S. The minimum absolute atomic E-state index is 0.275. The van der Waals surface area contributed by atoms with E-state index in [0.717, 1.165) is 40.7 Å². The lowest BCUT2D eigenvalue weighted by molar-refractivity contribution is 0.0964. The fourth-order valence-electron chi connectivity index (χ4n) is 5.82. The zero-order chi connectivity index (χ0) is 31.2. The number of furan rings is 1. The smallest absolute Gasteiger partial charge is 0.457 e. The number of hydrogen-bond donors (Lipinski definition) is 2. The molecule has 11 heteroatoms. The van der Waals surface area contributed by atoms with Crippen molar-refractivity contribution < 1.29 is 32.2 Å². The van der Waals surface area contributed by atoms with Crippen LogP contribution in [0.4, 0.5) is 10.1 Å². The number of nitrogens with one attached hydrogen (secondary N) is 1. The summed E-state index contributed by atoms with van der Waals surface area (Å²) in [6, 6.07) is 22.6. The number of fused-ring (bicyclic) bond motifs is 2. The molecule has 0 bridgehead atoms. The van der Waals surface area contributed by atoms with E-state index in [4.69, 9.17) is 13.8 Å². The van der Waals surface area contributed by atoms with E-state index in [2.05, 4.69) is 5.32 Å². The quantitative estimate of drug-likeness (QED) is 0.202. The van der Waals surface area contributed by atoms with E-state index in [1.807, 2.05) is 46.8 Å². The van der Waals surface area contributed by atoms with E-state index in [1.54, 1.807) is 37.6 Å². The van der Waals surface area contributed by atoms with Crippen molar-refractivity contribution >= 4 is 46.1 Å². The minimum Gasteiger partial charge on any atom is -0.457 e. The molecule has 228 valence electrons. The Balaban J connectivity index is 1.28. The number of carbonyl (C=O) groups excluding carboxylic acids is 1. The maximum absolute atomic E-state index is 13.3. The Bertz CT molecular complexity index is 1940. The first-order valence-electron chi connectivity index (χ1n) is 14.7. The molecule has 5 aromatic rings. The van der Waals surface area contributed by atoms with Gasteiger partial charge in [0.1, 0.15) is 39.6 Å². The molecular weight excluding hydrogens is 594 g/mol. The zero-order valence-electron chi connectivity index (χ0n) is 24.7. The summed E-state index contributed by atoms with van der Waals surface area (Å²) in [6.45, 7) is 0.707. The van der Waals surface area contributed by atoms with Crippen LogP contribution in [0, 0.1) is 5.82 Å². The van der Waals surface area contributed by atoms with Crippen LogP contribution < -0.4 is 19.8 Å². The summed E-state index contributed by atoms with van der Waals surface area (Å²) >= 11 is 0. The van der Waals surface area contributed by atoms with Gasteiger partial charge in [-0.25, -0.2) is 8.60 Å². The minimum atomic E-state index is -1.37. The molecule has 8 nitrogen and oxygen atoms in total. The third-order valence-electron chi connectivity index (χ3n) is 8.25. The summed E-state index contributed by atoms with van der Waals surface area (Å²) in [7, 11) is -0.705. The average Bonchev–Trinajstić information content (AvgIpc) is 3.73. The maximum Gasteiger partial charge on any atom is 0.491 e. The van der Waals surface area contributed by atoms with Gasteiger partial charge in [-0.05, 0) is 95.5 Å². The molecule has 1 aliphatic carbocycles. The van der Waals surface area contributed by atoms with Gasteiger partial charge in [0.15, 0.2) is 0 Å². The van der Waals surface area contributed by atoms with E-state index in [-0.39, 0.29) is 17.6 Å². The van der Waals surface area contributed by atoms with Crippen LogP contribution in [0.25, 0.3) is 22.3 Å². The summed E-state index contributed by atoms with van der Waals surface area (Å²) in [6.07, 6.45) is 3.67. The predicted molar refractivity (Wildman–Crippen MR) is 173 cm³/mol. The topological polar surface area (TPSA) is 101 Å². The van der Waals surface area contributed by atoms with Crippen LogP contribution in [-0.2, 0) is 28.8 Å². The molecule has 2 aliphatic rings. The monoisotopic (exact) mass is 624 g/mol. The Labute approximate surface area is 262 Å². The maximum atomic E-state index is 13.3. The van der Waals surface area contributed by atoms with Crippen molar-refractivity contribution in [2.24, 2.45) is 0 Å². The molecule has 0 saturated heterocycles. The lowest BCUT2D eigenvalue weighted by Crippen LogP contribution is -2.29. The second-order valence-electron chi connectivity index (χ2n) is 11.3. The van der Waals surface area contributed by atoms with E-state index >= 15 is 0 Å². The van der Waals surface area contributed by atoms with Gasteiger partial charge < -0.3 is 24.1 Å². The number of halogens is 1. The Hall–Kier alpha value is -4.45. The Morgan fingerprint density at radius 1 is 1.07 bits per heavy atom. The first-order valence-corrected chi connectivity index (χ1v) is 16.2. The lowest BCUT2D eigenvalue weighted by Gasteiger charge is -2.25. The molecule has 1 atom stereocenters. The number of rotatable bonds is 9. The van der Waals surface area contributed by atoms with Crippen LogP contribution in [0.2, 0.25) is 0 Å². The number of carbonyl (C=O) groups is 1. The second kappa shape index (κ2) is 11.8. The molecule has 4 aromatic carbocycles. The van der Waals surface area contributed by atoms with Crippen LogP contribution in [0.3, 0.4) is 0 Å². The first-order chi connectivity index (χ1) is 21.8. The first kappa shape index (κ1) is 29.3. The summed E-state index contributed by atoms with van der Waals surface area (Å²) in [5, 5.41) is 13.5. The molecule has 0 spiro atoms. The largest absolute Gasteiger partial charge is 0.491 e. The number of nitrogens with zero attached hydrogens (tertiary/aromatic N) is 1. The molecule has 1 unspecified atom stereocenters. The van der Waals surface area contributed by atoms with Gasteiger partial charge in [0.2, 0.25) is 0 Å². The molecule has 45 heavy (non-hydrogen) atoms. The highest BCUT2D eigenvalue weighted by atomic mass is 32.2. The Kier molecular flexibility index (Phi) is 7.68. The van der Waals surface area contributed by atoms with Crippen LogP contribution in [0.5, 0.6) is 11.5 Å². The zero-order valence-corrected chi connectivity index (χ0v) is 25.5. The van der Waals surface area contributed by atoms with Gasteiger partial charge in [-0.15, -0.1) is 0 Å². The molecule has 1 aromatic heterocycles. The number of benzene rings is 4. The van der Waals surface area contributed by atoms with E-state index in [9.17, 15) is 18.4 Å². The highest BCUT2D eigenvalue weighted by molar-refractivity contribution is 7.85. The van der Waals surface area contributed by atoms with Crippen LogP contribution in [0.15, 0.2) is 83.3 Å². The SMILES string of the molecule is CNC(=O)c1c(-c2ccc(Oc3ccc(F)cc3)cc2)oc2cc(N(Cc3ccc4c(c3)COB4O)S(C)=O)c(C3CC3)cc12. The van der Waals surface area contributed by atoms with Crippen molar-refractivity contribution in [1.29, 1.82) is 0 Å². The predicted octanol–water partition coefficient (Wildman–Crippen LogP) is 5.79. The van der Waals surface area contributed by atoms with Crippen molar-refractivity contribution in [3.63, 3.8) is 0 Å². The molecule has 1 saturated carbocycles. The molecule has 7 rings (SSSR count). The van der Waals surface area contributed by atoms with Crippen molar-refractivity contribution in [3.05, 3.63) is 107 Å². The second-order valence-corrected chi connectivity index (χ2v) is 12.6. The average molecular weight is 624 g/mol. The van der Waals surface area contributed by atoms with Gasteiger partial charge >= 0.3 is 7.12 Å². The molecule has 1 amide bonds. The summed E-state index contributed by atoms with van der Waals surface area (Å²) in [5.74, 6) is 1.14. The number of ether oxygens (including phenoxy) is 1. The fraction of sp³-hybridized carbons (Fsp3) is 0.206. The van der Waals surface area contributed by atoms with Crippen molar-refractivity contribution in [2.45, 2.75) is 31.9 Å². The third kappa shape index (κ3) is 5.74. The molecule has 0 radical (unpaired) electrons. The van der Waals surface area contributed by atoms with Gasteiger partial charge in [-0.2, -0.15) is 0 Å². The van der Waals surface area contributed by atoms with Gasteiger partial charge in [-0.1, -0.05) is 18.2 Å². The summed E-state index contributed by atoms with van der Waals surface area (Å²) in [5.41, 5.74) is 6.06. The number of hydrogen-bond acceptors (Lipinski definition) is 6. The number of anilines is 1. The third-order valence-corrected chi connectivity index (χ3v) is 9.20. The Morgan fingerprint density at radius 3 is 2.44 bits per heavy atom. The van der Waals surface area contributed by atoms with Crippen LogP contribution in [0.1, 0.15) is 45.8 Å². The van der Waals surface area contributed by atoms with Crippen LogP contribution in [-0.4, -0.2) is 35.6 Å². The van der Waals surface area contributed by atoms with E-state index in [1.165, 1.54) is 12.1 Å². The highest BCUT2D eigenvalue weighted by Gasteiger charge is 2.32. The summed E-state index contributed by atoms with van der Waals surface area (Å²) in [4.78, 5) is 13.3. The van der Waals surface area contributed by atoms with Gasteiger partial charge in [0, 0.05) is 30.3 Å². The normalized spacial score (nSPS) is 14.8. The molecule has 2 heterocycles. The fourth-order valence-corrected chi connectivity index (χ4v) is 6.58. The molecule has 2 N–H and O–H groups in total. The molecule has 1 fully saturated rings. The van der Waals surface area contributed by atoms with E-state index < -0.39 is 18.1 Å². The highest BCUT2D eigenvalue weighted by Crippen LogP contribution is 2.48. The van der Waals surface area contributed by atoms with Gasteiger partial charge in [0.25, 0.3) is 5.91 Å². The van der Waals surface area contributed by atoms with Crippen molar-refractivity contribution in [2.75, 3.05) is 17.6 Å².